The molecule has 0 aromatic heterocycles. The van der Waals surface area contributed by atoms with Crippen molar-refractivity contribution >= 4 is 0 Å². The van der Waals surface area contributed by atoms with E-state index in [-0.39, 0.29) is 0 Å². The maximum absolute atomic E-state index is 9.52. The zero-order valence-electron chi connectivity index (χ0n) is 10.5. The van der Waals surface area contributed by atoms with Gasteiger partial charge in [-0.05, 0) is 50.3 Å². The number of rotatable bonds is 4. The van der Waals surface area contributed by atoms with Crippen molar-refractivity contribution < 1.29 is 14.6 Å². The van der Waals surface area contributed by atoms with Crippen molar-refractivity contribution in [1.29, 1.82) is 0 Å². The topological polar surface area (TPSA) is 38.7 Å². The van der Waals surface area contributed by atoms with E-state index >= 15 is 0 Å². The SMILES string of the molecule is COc1cc(C(C)O)ccc1OC1CCCC1. The molecule has 1 N–H and O–H groups in total. The summed E-state index contributed by atoms with van der Waals surface area (Å²) in [6, 6.07) is 5.62. The van der Waals surface area contributed by atoms with Gasteiger partial charge in [0.05, 0.1) is 19.3 Å². The Bertz CT molecular complexity index is 368. The molecule has 1 aliphatic carbocycles. The number of ether oxygens (including phenoxy) is 2. The van der Waals surface area contributed by atoms with Crippen molar-refractivity contribution in [2.24, 2.45) is 0 Å². The number of aliphatic hydroxyl groups excluding tert-OH is 1. The Labute approximate surface area is 102 Å². The van der Waals surface area contributed by atoms with Crippen LogP contribution in [-0.2, 0) is 0 Å². The van der Waals surface area contributed by atoms with Crippen LogP contribution in [0.4, 0.5) is 0 Å². The Hall–Kier alpha value is -1.22. The van der Waals surface area contributed by atoms with Crippen LogP contribution in [0.15, 0.2) is 18.2 Å². The Balaban J connectivity index is 2.15. The molecule has 3 heteroatoms. The van der Waals surface area contributed by atoms with E-state index in [0.717, 1.165) is 24.2 Å². The lowest BCUT2D eigenvalue weighted by Gasteiger charge is -2.17. The second-order valence-corrected chi connectivity index (χ2v) is 4.61. The molecule has 1 aliphatic rings. The molecule has 1 aromatic rings. The summed E-state index contributed by atoms with van der Waals surface area (Å²) >= 11 is 0. The maximum atomic E-state index is 9.52. The summed E-state index contributed by atoms with van der Waals surface area (Å²) < 4.78 is 11.2. The first-order valence-electron chi connectivity index (χ1n) is 6.23. The van der Waals surface area contributed by atoms with Gasteiger partial charge in [0, 0.05) is 0 Å². The van der Waals surface area contributed by atoms with Crippen molar-refractivity contribution in [2.45, 2.75) is 44.8 Å². The summed E-state index contributed by atoms with van der Waals surface area (Å²) in [5, 5.41) is 9.52. The first kappa shape index (κ1) is 12.2. The summed E-state index contributed by atoms with van der Waals surface area (Å²) in [6.07, 6.45) is 4.59. The van der Waals surface area contributed by atoms with Crippen LogP contribution in [0.2, 0.25) is 0 Å². The first-order chi connectivity index (χ1) is 8.20. The van der Waals surface area contributed by atoms with Crippen LogP contribution in [0.3, 0.4) is 0 Å². The highest BCUT2D eigenvalue weighted by atomic mass is 16.5. The van der Waals surface area contributed by atoms with E-state index in [1.54, 1.807) is 14.0 Å². The van der Waals surface area contributed by atoms with E-state index < -0.39 is 6.10 Å². The van der Waals surface area contributed by atoms with E-state index in [1.165, 1.54) is 12.8 Å². The van der Waals surface area contributed by atoms with Gasteiger partial charge in [0.2, 0.25) is 0 Å². The fourth-order valence-corrected chi connectivity index (χ4v) is 2.23. The number of methoxy groups -OCH3 is 1. The third kappa shape index (κ3) is 2.91. The van der Waals surface area contributed by atoms with Crippen molar-refractivity contribution in [3.63, 3.8) is 0 Å². The normalized spacial score (nSPS) is 18.1. The molecule has 0 amide bonds. The molecular formula is C14H20O3. The second-order valence-electron chi connectivity index (χ2n) is 4.61. The van der Waals surface area contributed by atoms with Crippen LogP contribution in [0.5, 0.6) is 11.5 Å². The molecule has 94 valence electrons. The van der Waals surface area contributed by atoms with Crippen LogP contribution in [0.25, 0.3) is 0 Å². The summed E-state index contributed by atoms with van der Waals surface area (Å²) in [5.41, 5.74) is 0.848. The van der Waals surface area contributed by atoms with Gasteiger partial charge in [-0.1, -0.05) is 6.07 Å². The lowest BCUT2D eigenvalue weighted by Crippen LogP contribution is -2.11. The minimum atomic E-state index is -0.482. The molecule has 0 spiro atoms. The van der Waals surface area contributed by atoms with Crippen LogP contribution in [-0.4, -0.2) is 18.3 Å². The Kier molecular flexibility index (Phi) is 3.89. The highest BCUT2D eigenvalue weighted by Gasteiger charge is 2.18. The number of hydrogen-bond acceptors (Lipinski definition) is 3. The standard InChI is InChI=1S/C14H20O3/c1-10(15)11-7-8-13(14(9-11)16-2)17-12-5-3-4-6-12/h7-10,12,15H,3-6H2,1-2H3. The summed E-state index contributed by atoms with van der Waals surface area (Å²) in [7, 11) is 1.63. The third-order valence-electron chi connectivity index (χ3n) is 3.27. The van der Waals surface area contributed by atoms with Gasteiger partial charge in [-0.25, -0.2) is 0 Å². The third-order valence-corrected chi connectivity index (χ3v) is 3.27. The van der Waals surface area contributed by atoms with Crippen LogP contribution < -0.4 is 9.47 Å². The van der Waals surface area contributed by atoms with Gasteiger partial charge in [-0.2, -0.15) is 0 Å². The zero-order valence-corrected chi connectivity index (χ0v) is 10.5. The van der Waals surface area contributed by atoms with Gasteiger partial charge in [0.25, 0.3) is 0 Å². The molecule has 0 bridgehead atoms. The fraction of sp³-hybridized carbons (Fsp3) is 0.571. The second kappa shape index (κ2) is 5.41. The minimum Gasteiger partial charge on any atom is -0.493 e. The van der Waals surface area contributed by atoms with Gasteiger partial charge in [0.15, 0.2) is 11.5 Å². The van der Waals surface area contributed by atoms with E-state index in [1.807, 2.05) is 18.2 Å². The van der Waals surface area contributed by atoms with Crippen molar-refractivity contribution in [1.82, 2.24) is 0 Å². The average molecular weight is 236 g/mol. The van der Waals surface area contributed by atoms with Crippen LogP contribution >= 0.6 is 0 Å². The average Bonchev–Trinajstić information content (AvgIpc) is 2.82. The molecule has 1 saturated carbocycles. The number of hydrogen-bond donors (Lipinski definition) is 1. The van der Waals surface area contributed by atoms with Gasteiger partial charge in [-0.15, -0.1) is 0 Å². The van der Waals surface area contributed by atoms with Gasteiger partial charge in [-0.3, -0.25) is 0 Å². The molecule has 1 fully saturated rings. The molecule has 1 atom stereocenters. The largest absolute Gasteiger partial charge is 0.493 e. The zero-order chi connectivity index (χ0) is 12.3. The lowest BCUT2D eigenvalue weighted by atomic mass is 10.1. The molecule has 1 unspecified atom stereocenters. The van der Waals surface area contributed by atoms with Crippen molar-refractivity contribution in [2.75, 3.05) is 7.11 Å². The highest BCUT2D eigenvalue weighted by molar-refractivity contribution is 5.43. The Morgan fingerprint density at radius 1 is 1.24 bits per heavy atom. The molecule has 3 nitrogen and oxygen atoms in total. The highest BCUT2D eigenvalue weighted by Crippen LogP contribution is 2.33. The van der Waals surface area contributed by atoms with Gasteiger partial charge in [0.1, 0.15) is 0 Å². The quantitative estimate of drug-likeness (QED) is 0.873. The Morgan fingerprint density at radius 3 is 2.53 bits per heavy atom. The molecular weight excluding hydrogens is 216 g/mol. The molecule has 2 rings (SSSR count). The summed E-state index contributed by atoms with van der Waals surface area (Å²) in [4.78, 5) is 0. The van der Waals surface area contributed by atoms with Crippen LogP contribution in [0.1, 0.15) is 44.3 Å². The van der Waals surface area contributed by atoms with Crippen molar-refractivity contribution in [3.8, 4) is 11.5 Å². The van der Waals surface area contributed by atoms with E-state index in [0.29, 0.717) is 11.9 Å². The molecule has 17 heavy (non-hydrogen) atoms. The smallest absolute Gasteiger partial charge is 0.161 e. The first-order valence-corrected chi connectivity index (χ1v) is 6.23. The van der Waals surface area contributed by atoms with E-state index in [2.05, 4.69) is 0 Å². The summed E-state index contributed by atoms with van der Waals surface area (Å²) in [5.74, 6) is 1.49. The molecule has 0 aliphatic heterocycles. The lowest BCUT2D eigenvalue weighted by molar-refractivity contribution is 0.193. The maximum Gasteiger partial charge on any atom is 0.161 e. The molecule has 0 saturated heterocycles. The number of aliphatic hydroxyl groups is 1. The molecule has 0 heterocycles. The molecule has 1 aromatic carbocycles. The molecule has 0 radical (unpaired) electrons. The fourth-order valence-electron chi connectivity index (χ4n) is 2.23. The van der Waals surface area contributed by atoms with Gasteiger partial charge >= 0.3 is 0 Å². The predicted molar refractivity (Wildman–Crippen MR) is 66.5 cm³/mol. The Morgan fingerprint density at radius 2 is 1.94 bits per heavy atom. The van der Waals surface area contributed by atoms with Crippen LogP contribution in [0, 0.1) is 0 Å². The predicted octanol–water partition coefficient (Wildman–Crippen LogP) is 3.07. The number of benzene rings is 1. The monoisotopic (exact) mass is 236 g/mol. The summed E-state index contributed by atoms with van der Waals surface area (Å²) in [6.45, 7) is 1.74. The van der Waals surface area contributed by atoms with E-state index in [9.17, 15) is 5.11 Å². The van der Waals surface area contributed by atoms with E-state index in [4.69, 9.17) is 9.47 Å². The van der Waals surface area contributed by atoms with Crippen molar-refractivity contribution in [3.05, 3.63) is 23.8 Å². The minimum absolute atomic E-state index is 0.321. The van der Waals surface area contributed by atoms with Gasteiger partial charge < -0.3 is 14.6 Å².